The Morgan fingerprint density at radius 2 is 2.11 bits per heavy atom. The Kier molecular flexibility index (Phi) is 5.72. The van der Waals surface area contributed by atoms with Gasteiger partial charge in [-0.2, -0.15) is 0 Å². The van der Waals surface area contributed by atoms with E-state index in [0.717, 1.165) is 24.9 Å². The molecule has 7 atom stereocenters. The van der Waals surface area contributed by atoms with Crippen molar-refractivity contribution in [3.05, 3.63) is 35.9 Å². The predicted octanol–water partition coefficient (Wildman–Crippen LogP) is 0.0696. The standard InChI is InChI=1S/C19H26N2O6/c1-24-19-14(21-17(23)12-8-5-9-20-12)15(22)16-13(26-19)10-25-18(27-16)11-6-3-2-4-7-11/h2-4,6-7,12-16,18-20,22H,5,8-10H2,1H3,(H,21,23)/t12-,13+,14+,15+,16+,18+,19-/m0/s1. The van der Waals surface area contributed by atoms with Crippen LogP contribution < -0.4 is 10.6 Å². The number of benzene rings is 1. The molecule has 3 N–H and O–H groups in total. The van der Waals surface area contributed by atoms with Gasteiger partial charge < -0.3 is 34.7 Å². The van der Waals surface area contributed by atoms with Gasteiger partial charge in [0.2, 0.25) is 5.91 Å². The number of methoxy groups -OCH3 is 1. The van der Waals surface area contributed by atoms with E-state index in [1.165, 1.54) is 7.11 Å². The van der Waals surface area contributed by atoms with Gasteiger partial charge in [-0.05, 0) is 19.4 Å². The maximum atomic E-state index is 12.5. The summed E-state index contributed by atoms with van der Waals surface area (Å²) in [6.07, 6.45) is -1.70. The van der Waals surface area contributed by atoms with Gasteiger partial charge in [0.15, 0.2) is 12.6 Å². The molecule has 3 heterocycles. The number of carbonyl (C=O) groups is 1. The number of fused-ring (bicyclic) bond motifs is 1. The summed E-state index contributed by atoms with van der Waals surface area (Å²) < 4.78 is 23.0. The Morgan fingerprint density at radius 3 is 2.81 bits per heavy atom. The second-order valence-corrected chi connectivity index (χ2v) is 7.13. The van der Waals surface area contributed by atoms with E-state index in [1.807, 2.05) is 30.3 Å². The summed E-state index contributed by atoms with van der Waals surface area (Å²) >= 11 is 0. The third kappa shape index (κ3) is 3.87. The molecular formula is C19H26N2O6. The van der Waals surface area contributed by atoms with Crippen LogP contribution in [0.5, 0.6) is 0 Å². The van der Waals surface area contributed by atoms with Gasteiger partial charge in [-0.25, -0.2) is 0 Å². The molecule has 3 fully saturated rings. The molecule has 0 unspecified atom stereocenters. The van der Waals surface area contributed by atoms with Crippen LogP contribution in [0.15, 0.2) is 30.3 Å². The highest BCUT2D eigenvalue weighted by atomic mass is 16.7. The van der Waals surface area contributed by atoms with E-state index < -0.39 is 36.9 Å². The zero-order valence-electron chi connectivity index (χ0n) is 15.2. The fourth-order valence-corrected chi connectivity index (χ4v) is 3.90. The Hall–Kier alpha value is -1.55. The monoisotopic (exact) mass is 378 g/mol. The molecular weight excluding hydrogens is 352 g/mol. The minimum absolute atomic E-state index is 0.160. The molecule has 0 saturated carbocycles. The van der Waals surface area contributed by atoms with Crippen LogP contribution in [0.1, 0.15) is 24.7 Å². The Morgan fingerprint density at radius 1 is 1.30 bits per heavy atom. The average Bonchev–Trinajstić information content (AvgIpc) is 3.25. The molecule has 148 valence electrons. The van der Waals surface area contributed by atoms with Gasteiger partial charge >= 0.3 is 0 Å². The molecule has 0 spiro atoms. The van der Waals surface area contributed by atoms with Gasteiger partial charge in [0, 0.05) is 12.7 Å². The topological polar surface area (TPSA) is 98.3 Å². The third-order valence-electron chi connectivity index (χ3n) is 5.36. The second kappa shape index (κ2) is 8.22. The van der Waals surface area contributed by atoms with Gasteiger partial charge in [0.05, 0.1) is 12.6 Å². The first kappa shape index (κ1) is 18.8. The molecule has 8 nitrogen and oxygen atoms in total. The maximum absolute atomic E-state index is 12.5. The molecule has 3 saturated heterocycles. The Balaban J connectivity index is 1.47. The molecule has 27 heavy (non-hydrogen) atoms. The number of ether oxygens (including phenoxy) is 4. The summed E-state index contributed by atoms with van der Waals surface area (Å²) in [6.45, 7) is 1.09. The number of nitrogens with one attached hydrogen (secondary N) is 2. The van der Waals surface area contributed by atoms with Crippen molar-refractivity contribution in [2.45, 2.75) is 55.8 Å². The van der Waals surface area contributed by atoms with Crippen LogP contribution in [0, 0.1) is 0 Å². The molecule has 8 heteroatoms. The van der Waals surface area contributed by atoms with E-state index in [4.69, 9.17) is 18.9 Å². The van der Waals surface area contributed by atoms with Crippen LogP contribution in [0.2, 0.25) is 0 Å². The summed E-state index contributed by atoms with van der Waals surface area (Å²) in [5, 5.41) is 17.0. The van der Waals surface area contributed by atoms with Crippen molar-refractivity contribution in [1.29, 1.82) is 0 Å². The lowest BCUT2D eigenvalue weighted by molar-refractivity contribution is -0.341. The van der Waals surface area contributed by atoms with E-state index in [1.54, 1.807) is 0 Å². The number of hydrogen-bond acceptors (Lipinski definition) is 7. The summed E-state index contributed by atoms with van der Waals surface area (Å²) in [4.78, 5) is 12.5. The quantitative estimate of drug-likeness (QED) is 0.682. The van der Waals surface area contributed by atoms with Crippen LogP contribution >= 0.6 is 0 Å². The molecule has 1 amide bonds. The van der Waals surface area contributed by atoms with Crippen LogP contribution in [-0.2, 0) is 23.7 Å². The van der Waals surface area contributed by atoms with Crippen molar-refractivity contribution in [2.24, 2.45) is 0 Å². The van der Waals surface area contributed by atoms with Gasteiger partial charge in [0.25, 0.3) is 0 Å². The smallest absolute Gasteiger partial charge is 0.237 e. The molecule has 0 radical (unpaired) electrons. The SMILES string of the molecule is CO[C@H]1O[C@@H]2CO[C@@H](c3ccccc3)O[C@H]2[C@H](O)[C@H]1NC(=O)[C@@H]1CCCN1. The van der Waals surface area contributed by atoms with E-state index in [-0.39, 0.29) is 18.6 Å². The lowest BCUT2D eigenvalue weighted by Crippen LogP contribution is -2.67. The first-order chi connectivity index (χ1) is 13.2. The number of aliphatic hydroxyl groups is 1. The second-order valence-electron chi connectivity index (χ2n) is 7.13. The highest BCUT2D eigenvalue weighted by molar-refractivity contribution is 5.82. The fraction of sp³-hybridized carbons (Fsp3) is 0.632. The van der Waals surface area contributed by atoms with E-state index in [2.05, 4.69) is 10.6 Å². The lowest BCUT2D eigenvalue weighted by atomic mass is 9.95. The zero-order chi connectivity index (χ0) is 18.8. The first-order valence-corrected chi connectivity index (χ1v) is 9.39. The summed E-state index contributed by atoms with van der Waals surface area (Å²) in [6, 6.07) is 8.56. The molecule has 4 rings (SSSR count). The van der Waals surface area contributed by atoms with Crippen LogP contribution in [0.3, 0.4) is 0 Å². The summed E-state index contributed by atoms with van der Waals surface area (Å²) in [5.41, 5.74) is 0.868. The Bertz CT molecular complexity index is 638. The number of carbonyl (C=O) groups excluding carboxylic acids is 1. The number of hydrogen-bond donors (Lipinski definition) is 3. The highest BCUT2D eigenvalue weighted by Gasteiger charge is 2.50. The highest BCUT2D eigenvalue weighted by Crippen LogP contribution is 2.34. The summed E-state index contributed by atoms with van der Waals surface area (Å²) in [5.74, 6) is -0.160. The molecule has 0 bridgehead atoms. The van der Waals surface area contributed by atoms with Crippen molar-refractivity contribution in [3.8, 4) is 0 Å². The predicted molar refractivity (Wildman–Crippen MR) is 94.6 cm³/mol. The van der Waals surface area contributed by atoms with Crippen molar-refractivity contribution < 1.29 is 28.8 Å². The minimum Gasteiger partial charge on any atom is -0.388 e. The minimum atomic E-state index is -0.978. The van der Waals surface area contributed by atoms with Crippen molar-refractivity contribution in [1.82, 2.24) is 10.6 Å². The largest absolute Gasteiger partial charge is 0.388 e. The molecule has 1 aromatic rings. The number of amides is 1. The van der Waals surface area contributed by atoms with Gasteiger partial charge in [-0.15, -0.1) is 0 Å². The fourth-order valence-electron chi connectivity index (χ4n) is 3.90. The number of aliphatic hydroxyl groups excluding tert-OH is 1. The molecule has 1 aromatic carbocycles. The maximum Gasteiger partial charge on any atom is 0.237 e. The van der Waals surface area contributed by atoms with Gasteiger partial charge in [-0.1, -0.05) is 30.3 Å². The van der Waals surface area contributed by atoms with Crippen LogP contribution in [0.4, 0.5) is 0 Å². The van der Waals surface area contributed by atoms with E-state index in [9.17, 15) is 9.90 Å². The lowest BCUT2D eigenvalue weighted by Gasteiger charge is -2.47. The van der Waals surface area contributed by atoms with Crippen molar-refractivity contribution in [2.75, 3.05) is 20.3 Å². The Labute approximate surface area is 158 Å². The molecule has 3 aliphatic rings. The molecule has 0 aliphatic carbocycles. The first-order valence-electron chi connectivity index (χ1n) is 9.39. The molecule has 3 aliphatic heterocycles. The zero-order valence-corrected chi connectivity index (χ0v) is 15.2. The van der Waals surface area contributed by atoms with Crippen LogP contribution in [-0.4, -0.2) is 68.0 Å². The summed E-state index contributed by atoms with van der Waals surface area (Å²) in [7, 11) is 1.49. The van der Waals surface area contributed by atoms with Gasteiger partial charge in [-0.3, -0.25) is 4.79 Å². The van der Waals surface area contributed by atoms with Gasteiger partial charge in [0.1, 0.15) is 24.4 Å². The van der Waals surface area contributed by atoms with E-state index >= 15 is 0 Å². The molecule has 0 aromatic heterocycles. The normalized spacial score (nSPS) is 39.0. The average molecular weight is 378 g/mol. The van der Waals surface area contributed by atoms with Crippen molar-refractivity contribution >= 4 is 5.91 Å². The number of rotatable bonds is 4. The van der Waals surface area contributed by atoms with Crippen LogP contribution in [0.25, 0.3) is 0 Å². The van der Waals surface area contributed by atoms with E-state index in [0.29, 0.717) is 0 Å². The third-order valence-corrected chi connectivity index (χ3v) is 5.36. The van der Waals surface area contributed by atoms with Crippen molar-refractivity contribution in [3.63, 3.8) is 0 Å².